The first kappa shape index (κ1) is 22.8. The van der Waals surface area contributed by atoms with Crippen molar-refractivity contribution in [3.8, 4) is 11.4 Å². The molecule has 1 fully saturated rings. The molecule has 0 unspecified atom stereocenters. The van der Waals surface area contributed by atoms with Crippen molar-refractivity contribution in [1.29, 1.82) is 0 Å². The second-order valence-corrected chi connectivity index (χ2v) is 8.50. The predicted octanol–water partition coefficient (Wildman–Crippen LogP) is 4.90. The van der Waals surface area contributed by atoms with Crippen LogP contribution in [-0.2, 0) is 9.59 Å². The van der Waals surface area contributed by atoms with Crippen LogP contribution in [0.15, 0.2) is 54.1 Å². The largest absolute Gasteiger partial charge is 0.497 e. The van der Waals surface area contributed by atoms with E-state index in [0.717, 1.165) is 28.4 Å². The van der Waals surface area contributed by atoms with Gasteiger partial charge < -0.3 is 9.30 Å². The highest BCUT2D eigenvalue weighted by molar-refractivity contribution is 7.80. The van der Waals surface area contributed by atoms with E-state index in [1.807, 2.05) is 48.7 Å². The number of hydrogen-bond acceptors (Lipinski definition) is 4. The summed E-state index contributed by atoms with van der Waals surface area (Å²) in [5.74, 6) is -0.296. The summed E-state index contributed by atoms with van der Waals surface area (Å²) in [5, 5.41) is 3.16. The van der Waals surface area contributed by atoms with Gasteiger partial charge in [-0.2, -0.15) is 0 Å². The third-order valence-corrected chi connectivity index (χ3v) is 6.36. The molecule has 1 aliphatic heterocycles. The Morgan fingerprint density at radius 3 is 2.52 bits per heavy atom. The van der Waals surface area contributed by atoms with Crippen molar-refractivity contribution in [1.82, 2.24) is 9.88 Å². The first-order chi connectivity index (χ1) is 15.7. The van der Waals surface area contributed by atoms with Gasteiger partial charge in [0, 0.05) is 28.2 Å². The highest BCUT2D eigenvalue weighted by atomic mass is 35.5. The maximum absolute atomic E-state index is 13.4. The number of rotatable bonds is 4. The summed E-state index contributed by atoms with van der Waals surface area (Å²) < 4.78 is 7.39. The second-order valence-electron chi connectivity index (χ2n) is 7.71. The molecular formula is C25H22ClN3O3S. The van der Waals surface area contributed by atoms with Crippen LogP contribution in [0.2, 0.25) is 5.02 Å². The van der Waals surface area contributed by atoms with Gasteiger partial charge in [0.2, 0.25) is 0 Å². The van der Waals surface area contributed by atoms with Gasteiger partial charge in [0.25, 0.3) is 11.8 Å². The van der Waals surface area contributed by atoms with Gasteiger partial charge in [0.05, 0.1) is 12.8 Å². The number of aryl methyl sites for hydroxylation is 1. The zero-order valence-electron chi connectivity index (χ0n) is 18.6. The molecular weight excluding hydrogens is 458 g/mol. The van der Waals surface area contributed by atoms with E-state index in [9.17, 15) is 9.59 Å². The van der Waals surface area contributed by atoms with E-state index in [1.54, 1.807) is 38.3 Å². The van der Waals surface area contributed by atoms with Crippen LogP contribution < -0.4 is 15.0 Å². The molecule has 1 N–H and O–H groups in total. The van der Waals surface area contributed by atoms with E-state index < -0.39 is 11.8 Å². The van der Waals surface area contributed by atoms with Crippen molar-refractivity contribution < 1.29 is 14.3 Å². The summed E-state index contributed by atoms with van der Waals surface area (Å²) in [6.07, 6.45) is 1.60. The zero-order valence-corrected chi connectivity index (χ0v) is 20.2. The molecule has 3 aromatic rings. The van der Waals surface area contributed by atoms with Gasteiger partial charge in [-0.3, -0.25) is 19.8 Å². The van der Waals surface area contributed by atoms with E-state index >= 15 is 0 Å². The predicted molar refractivity (Wildman–Crippen MR) is 134 cm³/mol. The van der Waals surface area contributed by atoms with E-state index in [0.29, 0.717) is 16.3 Å². The summed E-state index contributed by atoms with van der Waals surface area (Å²) in [6, 6.07) is 14.8. The first-order valence-electron chi connectivity index (χ1n) is 10.2. The molecule has 1 saturated heterocycles. The number of hydrogen-bond donors (Lipinski definition) is 1. The lowest BCUT2D eigenvalue weighted by Gasteiger charge is -2.30. The summed E-state index contributed by atoms with van der Waals surface area (Å²) in [4.78, 5) is 27.5. The van der Waals surface area contributed by atoms with Crippen molar-refractivity contribution >= 4 is 52.5 Å². The highest BCUT2D eigenvalue weighted by Crippen LogP contribution is 2.31. The Kier molecular flexibility index (Phi) is 6.10. The molecule has 1 aromatic heterocycles. The number of amides is 2. The lowest BCUT2D eigenvalue weighted by atomic mass is 10.1. The van der Waals surface area contributed by atoms with Gasteiger partial charge in [-0.05, 0) is 80.5 Å². The van der Waals surface area contributed by atoms with Crippen LogP contribution in [0.3, 0.4) is 0 Å². The van der Waals surface area contributed by atoms with Crippen LogP contribution in [0.5, 0.6) is 5.75 Å². The molecule has 1 aliphatic rings. The second kappa shape index (κ2) is 8.84. The van der Waals surface area contributed by atoms with E-state index in [-0.39, 0.29) is 10.7 Å². The standard InChI is InChI=1S/C25H22ClN3O3S/c1-14-11-17(16(3)28(14)18-7-5-8-19(13-18)32-4)12-20-23(30)27-25(33)29(24(20)31)22-10-6-9-21(26)15(22)2/h5-13H,1-4H3,(H,27,30,33)/b20-12-. The van der Waals surface area contributed by atoms with Gasteiger partial charge in [-0.25, -0.2) is 0 Å². The van der Waals surface area contributed by atoms with Crippen LogP contribution in [0, 0.1) is 20.8 Å². The Bertz CT molecular complexity index is 1340. The lowest BCUT2D eigenvalue weighted by Crippen LogP contribution is -2.54. The van der Waals surface area contributed by atoms with Crippen LogP contribution in [0.4, 0.5) is 5.69 Å². The van der Waals surface area contributed by atoms with Crippen molar-refractivity contribution in [2.75, 3.05) is 12.0 Å². The fourth-order valence-electron chi connectivity index (χ4n) is 3.95. The molecule has 2 amide bonds. The summed E-state index contributed by atoms with van der Waals surface area (Å²) in [7, 11) is 1.62. The van der Waals surface area contributed by atoms with Crippen molar-refractivity contribution in [2.24, 2.45) is 0 Å². The average Bonchev–Trinajstić information content (AvgIpc) is 3.06. The molecule has 0 saturated carbocycles. The number of carbonyl (C=O) groups is 2. The normalized spacial score (nSPS) is 15.2. The molecule has 0 aliphatic carbocycles. The third-order valence-electron chi connectivity index (χ3n) is 5.66. The third kappa shape index (κ3) is 4.05. The Balaban J connectivity index is 1.78. The van der Waals surface area contributed by atoms with E-state index in [1.165, 1.54) is 4.90 Å². The minimum atomic E-state index is -0.535. The minimum absolute atomic E-state index is 0.00568. The van der Waals surface area contributed by atoms with E-state index in [2.05, 4.69) is 5.32 Å². The minimum Gasteiger partial charge on any atom is -0.497 e. The summed E-state index contributed by atoms with van der Waals surface area (Å²) in [6.45, 7) is 5.71. The molecule has 2 aromatic carbocycles. The van der Waals surface area contributed by atoms with Crippen LogP contribution >= 0.6 is 23.8 Å². The fourth-order valence-corrected chi connectivity index (χ4v) is 4.39. The quantitative estimate of drug-likeness (QED) is 0.328. The number of carbonyl (C=O) groups excluding carboxylic acids is 2. The van der Waals surface area contributed by atoms with Crippen LogP contribution in [0.1, 0.15) is 22.5 Å². The number of nitrogens with zero attached hydrogens (tertiary/aromatic N) is 2. The molecule has 8 heteroatoms. The molecule has 6 nitrogen and oxygen atoms in total. The number of halogens is 1. The first-order valence-corrected chi connectivity index (χ1v) is 11.0. The van der Waals surface area contributed by atoms with E-state index in [4.69, 9.17) is 28.6 Å². The maximum atomic E-state index is 13.4. The number of methoxy groups -OCH3 is 1. The molecule has 0 radical (unpaired) electrons. The summed E-state index contributed by atoms with van der Waals surface area (Å²) in [5.41, 5.74) is 4.73. The van der Waals surface area contributed by atoms with Gasteiger partial charge in [-0.15, -0.1) is 0 Å². The number of nitrogens with one attached hydrogen (secondary N) is 1. The zero-order chi connectivity index (χ0) is 23.9. The topological polar surface area (TPSA) is 63.6 Å². The van der Waals surface area contributed by atoms with Crippen molar-refractivity contribution in [2.45, 2.75) is 20.8 Å². The number of thiocarbonyl (C=S) groups is 1. The fraction of sp³-hybridized carbons (Fsp3) is 0.160. The van der Waals surface area contributed by atoms with Gasteiger partial charge in [-0.1, -0.05) is 23.7 Å². The molecule has 2 heterocycles. The smallest absolute Gasteiger partial charge is 0.270 e. The SMILES string of the molecule is COc1cccc(-n2c(C)cc(/C=C3/C(=O)NC(=S)N(c4cccc(Cl)c4C)C3=O)c2C)c1. The molecule has 0 spiro atoms. The molecule has 0 atom stereocenters. The van der Waals surface area contributed by atoms with Crippen LogP contribution in [0.25, 0.3) is 11.8 Å². The molecule has 0 bridgehead atoms. The Labute approximate surface area is 202 Å². The Morgan fingerprint density at radius 1 is 1.06 bits per heavy atom. The summed E-state index contributed by atoms with van der Waals surface area (Å²) >= 11 is 11.6. The number of benzene rings is 2. The van der Waals surface area contributed by atoms with Gasteiger partial charge in [0.1, 0.15) is 11.3 Å². The number of aromatic nitrogens is 1. The average molecular weight is 480 g/mol. The number of anilines is 1. The Morgan fingerprint density at radius 2 is 1.79 bits per heavy atom. The van der Waals surface area contributed by atoms with Gasteiger partial charge >= 0.3 is 0 Å². The van der Waals surface area contributed by atoms with Gasteiger partial charge in [0.15, 0.2) is 5.11 Å². The molecule has 33 heavy (non-hydrogen) atoms. The van der Waals surface area contributed by atoms with Crippen molar-refractivity contribution in [3.05, 3.63) is 81.6 Å². The lowest BCUT2D eigenvalue weighted by molar-refractivity contribution is -0.122. The molecule has 168 valence electrons. The number of ether oxygens (including phenoxy) is 1. The molecule has 4 rings (SSSR count). The van der Waals surface area contributed by atoms with Crippen molar-refractivity contribution in [3.63, 3.8) is 0 Å². The highest BCUT2D eigenvalue weighted by Gasteiger charge is 2.35. The van der Waals surface area contributed by atoms with Crippen LogP contribution in [-0.4, -0.2) is 28.6 Å². The monoisotopic (exact) mass is 479 g/mol. The Hall–Kier alpha value is -3.42. The maximum Gasteiger partial charge on any atom is 0.270 e.